The minimum absolute atomic E-state index is 0.0230. The molecule has 1 aliphatic rings. The zero-order valence-electron chi connectivity index (χ0n) is 15.7. The van der Waals surface area contributed by atoms with Gasteiger partial charge in [-0.2, -0.15) is 4.98 Å². The van der Waals surface area contributed by atoms with Gasteiger partial charge in [0.2, 0.25) is 17.6 Å². The number of amides is 1. The van der Waals surface area contributed by atoms with Gasteiger partial charge >= 0.3 is 0 Å². The second kappa shape index (κ2) is 7.67. The molecule has 0 radical (unpaired) electrons. The Bertz CT molecular complexity index is 973. The van der Waals surface area contributed by atoms with Gasteiger partial charge in [-0.3, -0.25) is 9.78 Å². The number of fused-ring (bicyclic) bond motifs is 1. The number of carbonyl (C=O) groups is 1. The lowest BCUT2D eigenvalue weighted by molar-refractivity contribution is -0.136. The maximum absolute atomic E-state index is 12.8. The smallest absolute Gasteiger partial charge is 0.246 e. The van der Waals surface area contributed by atoms with Crippen LogP contribution in [0.2, 0.25) is 0 Å². The zero-order chi connectivity index (χ0) is 19.5. The van der Waals surface area contributed by atoms with Gasteiger partial charge in [0.1, 0.15) is 18.1 Å². The van der Waals surface area contributed by atoms with Gasteiger partial charge in [0.25, 0.3) is 0 Å². The fraction of sp³-hybridized carbons (Fsp3) is 0.300. The van der Waals surface area contributed by atoms with Crippen LogP contribution in [0.4, 0.5) is 0 Å². The highest BCUT2D eigenvalue weighted by Gasteiger charge is 2.29. The predicted molar refractivity (Wildman–Crippen MR) is 99.7 cm³/mol. The van der Waals surface area contributed by atoms with Crippen LogP contribution in [0.25, 0.3) is 11.4 Å². The van der Waals surface area contributed by atoms with Crippen molar-refractivity contribution in [3.05, 3.63) is 54.2 Å². The quantitative estimate of drug-likeness (QED) is 0.671. The lowest BCUT2D eigenvalue weighted by Crippen LogP contribution is -2.38. The summed E-state index contributed by atoms with van der Waals surface area (Å²) in [5, 5.41) is 3.97. The normalized spacial score (nSPS) is 15.4. The number of aromatic nitrogens is 3. The second-order valence-corrected chi connectivity index (χ2v) is 6.63. The third-order valence-corrected chi connectivity index (χ3v) is 4.69. The number of hydrogen-bond acceptors (Lipinski definition) is 7. The van der Waals surface area contributed by atoms with E-state index >= 15 is 0 Å². The van der Waals surface area contributed by atoms with Gasteiger partial charge in [-0.15, -0.1) is 0 Å². The average molecular weight is 380 g/mol. The van der Waals surface area contributed by atoms with Crippen LogP contribution in [-0.4, -0.2) is 46.7 Å². The lowest BCUT2D eigenvalue weighted by Gasteiger charge is -2.27. The van der Waals surface area contributed by atoms with Gasteiger partial charge in [-0.25, -0.2) is 0 Å². The third-order valence-electron chi connectivity index (χ3n) is 4.69. The van der Waals surface area contributed by atoms with Crippen LogP contribution in [0.3, 0.4) is 0 Å². The Hall–Kier alpha value is -3.42. The van der Waals surface area contributed by atoms with E-state index in [-0.39, 0.29) is 18.4 Å². The van der Waals surface area contributed by atoms with Crippen LogP contribution in [0.15, 0.2) is 47.2 Å². The molecule has 3 aromatic rings. The molecule has 1 aliphatic heterocycles. The molecule has 0 N–H and O–H groups in total. The number of carbonyl (C=O) groups excluding carboxylic acids is 1. The maximum atomic E-state index is 12.8. The average Bonchev–Trinajstić information content (AvgIpc) is 3.21. The van der Waals surface area contributed by atoms with Crippen molar-refractivity contribution < 1.29 is 18.8 Å². The van der Waals surface area contributed by atoms with Gasteiger partial charge in [0.15, 0.2) is 0 Å². The Kier molecular flexibility index (Phi) is 4.92. The number of ether oxygens (including phenoxy) is 2. The monoisotopic (exact) mass is 380 g/mol. The van der Waals surface area contributed by atoms with Gasteiger partial charge in [-0.1, -0.05) is 11.2 Å². The van der Waals surface area contributed by atoms with Crippen molar-refractivity contribution in [3.8, 4) is 22.9 Å². The molecule has 2 aromatic heterocycles. The van der Waals surface area contributed by atoms with Crippen molar-refractivity contribution in [1.29, 1.82) is 0 Å². The molecule has 144 valence electrons. The Balaban J connectivity index is 1.41. The van der Waals surface area contributed by atoms with Crippen molar-refractivity contribution in [2.24, 2.45) is 5.92 Å². The van der Waals surface area contributed by atoms with E-state index in [1.807, 2.05) is 18.2 Å². The molecule has 4 rings (SSSR count). The standard InChI is InChI=1S/C20H20N4O4/c1-24(11-18-22-19(23-28-18)13-5-7-21-8-6-13)20(25)15-9-14-3-4-16(26-2)10-17(14)27-12-15/h3-8,10,15H,9,11-12H2,1-2H3. The first-order valence-corrected chi connectivity index (χ1v) is 8.91. The number of benzene rings is 1. The van der Waals surface area contributed by atoms with Crippen molar-refractivity contribution >= 4 is 5.91 Å². The maximum Gasteiger partial charge on any atom is 0.246 e. The van der Waals surface area contributed by atoms with E-state index < -0.39 is 0 Å². The van der Waals surface area contributed by atoms with Crippen LogP contribution < -0.4 is 9.47 Å². The van der Waals surface area contributed by atoms with E-state index in [4.69, 9.17) is 14.0 Å². The van der Waals surface area contributed by atoms with Crippen molar-refractivity contribution in [3.63, 3.8) is 0 Å². The number of methoxy groups -OCH3 is 1. The molecule has 0 saturated carbocycles. The number of nitrogens with zero attached hydrogens (tertiary/aromatic N) is 4. The summed E-state index contributed by atoms with van der Waals surface area (Å²) >= 11 is 0. The summed E-state index contributed by atoms with van der Waals surface area (Å²) in [5.74, 6) is 2.08. The Morgan fingerprint density at radius 3 is 2.89 bits per heavy atom. The molecule has 0 fully saturated rings. The van der Waals surface area contributed by atoms with Gasteiger partial charge in [-0.05, 0) is 30.2 Å². The molecule has 8 heteroatoms. The lowest BCUT2D eigenvalue weighted by atomic mass is 9.95. The second-order valence-electron chi connectivity index (χ2n) is 6.63. The summed E-state index contributed by atoms with van der Waals surface area (Å²) in [4.78, 5) is 22.8. The Labute approximate surface area is 162 Å². The summed E-state index contributed by atoms with van der Waals surface area (Å²) in [6.07, 6.45) is 3.95. The molecule has 1 atom stereocenters. The molecule has 1 unspecified atom stereocenters. The number of hydrogen-bond donors (Lipinski definition) is 0. The van der Waals surface area contributed by atoms with E-state index in [1.54, 1.807) is 43.6 Å². The van der Waals surface area contributed by atoms with Crippen molar-refractivity contribution in [1.82, 2.24) is 20.0 Å². The van der Waals surface area contributed by atoms with E-state index in [9.17, 15) is 4.79 Å². The molecule has 0 aliphatic carbocycles. The van der Waals surface area contributed by atoms with Crippen LogP contribution in [0.5, 0.6) is 11.5 Å². The van der Waals surface area contributed by atoms with Crippen LogP contribution in [-0.2, 0) is 17.8 Å². The summed E-state index contributed by atoms with van der Waals surface area (Å²) in [7, 11) is 3.34. The first-order valence-electron chi connectivity index (χ1n) is 8.91. The summed E-state index contributed by atoms with van der Waals surface area (Å²) in [6, 6.07) is 9.26. The number of pyridine rings is 1. The molecule has 8 nitrogen and oxygen atoms in total. The molecular weight excluding hydrogens is 360 g/mol. The van der Waals surface area contributed by atoms with Crippen LogP contribution in [0.1, 0.15) is 11.5 Å². The molecule has 0 saturated heterocycles. The van der Waals surface area contributed by atoms with Crippen LogP contribution >= 0.6 is 0 Å². The Morgan fingerprint density at radius 1 is 1.29 bits per heavy atom. The highest BCUT2D eigenvalue weighted by atomic mass is 16.5. The van der Waals surface area contributed by atoms with Gasteiger partial charge in [0.05, 0.1) is 19.6 Å². The molecule has 1 amide bonds. The summed E-state index contributed by atoms with van der Waals surface area (Å²) < 4.78 is 16.3. The van der Waals surface area contributed by atoms with Crippen molar-refractivity contribution in [2.45, 2.75) is 13.0 Å². The van der Waals surface area contributed by atoms with E-state index in [2.05, 4.69) is 15.1 Å². The van der Waals surface area contributed by atoms with Gasteiger partial charge in [0, 0.05) is 31.1 Å². The minimum Gasteiger partial charge on any atom is -0.497 e. The fourth-order valence-electron chi connectivity index (χ4n) is 3.17. The zero-order valence-corrected chi connectivity index (χ0v) is 15.7. The molecule has 3 heterocycles. The highest BCUT2D eigenvalue weighted by molar-refractivity contribution is 5.79. The summed E-state index contributed by atoms with van der Waals surface area (Å²) in [6.45, 7) is 0.568. The SMILES string of the molecule is COc1ccc2c(c1)OCC(C(=O)N(C)Cc1nc(-c3ccncc3)no1)C2. The largest absolute Gasteiger partial charge is 0.497 e. The predicted octanol–water partition coefficient (Wildman–Crippen LogP) is 2.35. The van der Waals surface area contributed by atoms with Crippen molar-refractivity contribution in [2.75, 3.05) is 20.8 Å². The van der Waals surface area contributed by atoms with E-state index in [1.165, 1.54) is 0 Å². The highest BCUT2D eigenvalue weighted by Crippen LogP contribution is 2.31. The Morgan fingerprint density at radius 2 is 2.11 bits per heavy atom. The summed E-state index contributed by atoms with van der Waals surface area (Å²) in [5.41, 5.74) is 1.81. The fourth-order valence-corrected chi connectivity index (χ4v) is 3.17. The third kappa shape index (κ3) is 3.66. The molecular formula is C20H20N4O4. The topological polar surface area (TPSA) is 90.6 Å². The van der Waals surface area contributed by atoms with Crippen LogP contribution in [0, 0.1) is 5.92 Å². The molecule has 28 heavy (non-hydrogen) atoms. The molecule has 1 aromatic carbocycles. The van der Waals surface area contributed by atoms with E-state index in [0.717, 1.165) is 22.6 Å². The number of rotatable bonds is 5. The first kappa shape index (κ1) is 18.0. The molecule has 0 bridgehead atoms. The molecule has 0 spiro atoms. The first-order chi connectivity index (χ1) is 13.6. The van der Waals surface area contributed by atoms with E-state index in [0.29, 0.717) is 24.7 Å². The minimum atomic E-state index is -0.256. The van der Waals surface area contributed by atoms with Gasteiger partial charge < -0.3 is 18.9 Å².